The number of carbonyl (C=O) groups excluding carboxylic acids is 1. The summed E-state index contributed by atoms with van der Waals surface area (Å²) < 4.78 is 31.3. The molecule has 0 N–H and O–H groups in total. The summed E-state index contributed by atoms with van der Waals surface area (Å²) in [7, 11) is -1.65. The first-order valence-electron chi connectivity index (χ1n) is 8.91. The van der Waals surface area contributed by atoms with Gasteiger partial charge in [-0.15, -0.1) is 11.8 Å². The van der Waals surface area contributed by atoms with Crippen LogP contribution in [-0.4, -0.2) is 61.3 Å². The quantitative estimate of drug-likeness (QED) is 0.638. The second-order valence-electron chi connectivity index (χ2n) is 6.24. The SMILES string of the molecule is CCCS(=O)(=O)N(CC)CCN1C(=O)[C@@H](C)S[C@@H]1c1ccc(OC)cc1. The third-order valence-corrected chi connectivity index (χ3v) is 7.99. The predicted molar refractivity (Wildman–Crippen MR) is 106 cm³/mol. The van der Waals surface area contributed by atoms with E-state index in [-0.39, 0.29) is 22.3 Å². The number of methoxy groups -OCH3 is 1. The molecule has 1 aliphatic rings. The van der Waals surface area contributed by atoms with Crippen molar-refractivity contribution in [1.82, 2.24) is 9.21 Å². The number of carbonyl (C=O) groups is 1. The number of amides is 1. The molecule has 0 saturated carbocycles. The van der Waals surface area contributed by atoms with Gasteiger partial charge in [0, 0.05) is 19.6 Å². The van der Waals surface area contributed by atoms with Crippen molar-refractivity contribution in [2.75, 3.05) is 32.5 Å². The van der Waals surface area contributed by atoms with Crippen molar-refractivity contribution in [2.45, 2.75) is 37.8 Å². The average molecular weight is 401 g/mol. The Morgan fingerprint density at radius 1 is 1.23 bits per heavy atom. The molecule has 0 aliphatic carbocycles. The minimum Gasteiger partial charge on any atom is -0.497 e. The fraction of sp³-hybridized carbons (Fsp3) is 0.611. The zero-order valence-corrected chi connectivity index (χ0v) is 17.5. The molecule has 1 aromatic carbocycles. The smallest absolute Gasteiger partial charge is 0.236 e. The Balaban J connectivity index is 2.14. The number of sulfonamides is 1. The lowest BCUT2D eigenvalue weighted by atomic mass is 10.2. The van der Waals surface area contributed by atoms with Gasteiger partial charge < -0.3 is 9.64 Å². The van der Waals surface area contributed by atoms with Crippen LogP contribution >= 0.6 is 11.8 Å². The Kier molecular flexibility index (Phi) is 7.37. The molecule has 0 aromatic heterocycles. The largest absolute Gasteiger partial charge is 0.497 e. The first kappa shape index (κ1) is 21.1. The highest BCUT2D eigenvalue weighted by Crippen LogP contribution is 2.43. The topological polar surface area (TPSA) is 66.9 Å². The van der Waals surface area contributed by atoms with Gasteiger partial charge in [-0.1, -0.05) is 26.0 Å². The maximum Gasteiger partial charge on any atom is 0.236 e. The summed E-state index contributed by atoms with van der Waals surface area (Å²) in [4.78, 5) is 14.4. The second-order valence-corrected chi connectivity index (χ2v) is 9.76. The van der Waals surface area contributed by atoms with Crippen molar-refractivity contribution in [3.8, 4) is 5.75 Å². The van der Waals surface area contributed by atoms with Crippen LogP contribution in [-0.2, 0) is 14.8 Å². The van der Waals surface area contributed by atoms with E-state index in [1.165, 1.54) is 4.31 Å². The van der Waals surface area contributed by atoms with Crippen molar-refractivity contribution in [2.24, 2.45) is 0 Å². The Bertz CT molecular complexity index is 706. The maximum atomic E-state index is 12.6. The number of benzene rings is 1. The lowest BCUT2D eigenvalue weighted by Crippen LogP contribution is -2.41. The number of rotatable bonds is 9. The molecule has 1 amide bonds. The zero-order valence-electron chi connectivity index (χ0n) is 15.8. The fourth-order valence-electron chi connectivity index (χ4n) is 3.03. The van der Waals surface area contributed by atoms with Crippen molar-refractivity contribution >= 4 is 27.7 Å². The number of likely N-dealkylation sites (N-methyl/N-ethyl adjacent to an activating group) is 1. The lowest BCUT2D eigenvalue weighted by Gasteiger charge is -2.28. The van der Waals surface area contributed by atoms with E-state index in [1.54, 1.807) is 23.8 Å². The minimum absolute atomic E-state index is 0.0553. The number of thioether (sulfide) groups is 1. The van der Waals surface area contributed by atoms with E-state index in [1.807, 2.05) is 45.0 Å². The molecule has 2 rings (SSSR count). The van der Waals surface area contributed by atoms with E-state index in [4.69, 9.17) is 4.74 Å². The fourth-order valence-corrected chi connectivity index (χ4v) is 5.87. The molecule has 0 radical (unpaired) electrons. The summed E-state index contributed by atoms with van der Waals surface area (Å²) in [5, 5.41) is -0.236. The van der Waals surface area contributed by atoms with Crippen LogP contribution in [0.2, 0.25) is 0 Å². The van der Waals surface area contributed by atoms with Crippen LogP contribution in [0.25, 0.3) is 0 Å². The number of hydrogen-bond donors (Lipinski definition) is 0. The molecular weight excluding hydrogens is 372 g/mol. The van der Waals surface area contributed by atoms with Gasteiger partial charge in [-0.2, -0.15) is 0 Å². The summed E-state index contributed by atoms with van der Waals surface area (Å²) >= 11 is 1.59. The molecule has 1 aliphatic heterocycles. The molecule has 0 spiro atoms. The average Bonchev–Trinajstić information content (AvgIpc) is 2.90. The van der Waals surface area contributed by atoms with Crippen molar-refractivity contribution in [1.29, 1.82) is 0 Å². The van der Waals surface area contributed by atoms with Gasteiger partial charge >= 0.3 is 0 Å². The van der Waals surface area contributed by atoms with Gasteiger partial charge in [0.25, 0.3) is 0 Å². The molecule has 0 bridgehead atoms. The molecule has 2 atom stereocenters. The number of hydrogen-bond acceptors (Lipinski definition) is 5. The van der Waals surface area contributed by atoms with E-state index >= 15 is 0 Å². The molecule has 26 heavy (non-hydrogen) atoms. The first-order chi connectivity index (χ1) is 12.3. The number of nitrogens with zero attached hydrogens (tertiary/aromatic N) is 2. The van der Waals surface area contributed by atoms with Gasteiger partial charge in [0.15, 0.2) is 0 Å². The van der Waals surface area contributed by atoms with Crippen LogP contribution in [0, 0.1) is 0 Å². The highest BCUT2D eigenvalue weighted by Gasteiger charge is 2.38. The number of ether oxygens (including phenoxy) is 1. The highest BCUT2D eigenvalue weighted by molar-refractivity contribution is 8.01. The van der Waals surface area contributed by atoms with Gasteiger partial charge in [-0.05, 0) is 31.0 Å². The monoisotopic (exact) mass is 400 g/mol. The van der Waals surface area contributed by atoms with Gasteiger partial charge in [0.2, 0.25) is 15.9 Å². The van der Waals surface area contributed by atoms with Crippen molar-refractivity contribution in [3.63, 3.8) is 0 Å². The summed E-state index contributed by atoms with van der Waals surface area (Å²) in [6, 6.07) is 7.68. The van der Waals surface area contributed by atoms with Crippen LogP contribution in [0.1, 0.15) is 38.1 Å². The highest BCUT2D eigenvalue weighted by atomic mass is 32.2. The Hall–Kier alpha value is -1.25. The second kappa shape index (κ2) is 9.10. The molecular formula is C18H28N2O4S2. The normalized spacial score (nSPS) is 20.8. The first-order valence-corrected chi connectivity index (χ1v) is 11.5. The van der Waals surface area contributed by atoms with E-state index in [0.29, 0.717) is 26.1 Å². The van der Waals surface area contributed by atoms with Gasteiger partial charge in [0.05, 0.1) is 18.1 Å². The maximum absolute atomic E-state index is 12.6. The van der Waals surface area contributed by atoms with Gasteiger partial charge in [-0.25, -0.2) is 12.7 Å². The Morgan fingerprint density at radius 2 is 1.88 bits per heavy atom. The van der Waals surface area contributed by atoms with Crippen LogP contribution < -0.4 is 4.74 Å². The Labute approximate surface area is 160 Å². The molecule has 1 saturated heterocycles. The van der Waals surface area contributed by atoms with Gasteiger partial charge in [-0.3, -0.25) is 4.79 Å². The summed E-state index contributed by atoms with van der Waals surface area (Å²) in [6.45, 7) is 6.72. The molecule has 0 unspecified atom stereocenters. The van der Waals surface area contributed by atoms with Crippen LogP contribution in [0.4, 0.5) is 0 Å². The lowest BCUT2D eigenvalue weighted by molar-refractivity contribution is -0.129. The van der Waals surface area contributed by atoms with Gasteiger partial charge in [0.1, 0.15) is 11.1 Å². The molecule has 146 valence electrons. The van der Waals surface area contributed by atoms with Crippen LogP contribution in [0.5, 0.6) is 5.75 Å². The summed E-state index contributed by atoms with van der Waals surface area (Å²) in [5.41, 5.74) is 1.02. The molecule has 1 heterocycles. The minimum atomic E-state index is -3.26. The van der Waals surface area contributed by atoms with Crippen LogP contribution in [0.3, 0.4) is 0 Å². The van der Waals surface area contributed by atoms with E-state index < -0.39 is 10.0 Å². The van der Waals surface area contributed by atoms with Crippen molar-refractivity contribution < 1.29 is 17.9 Å². The summed E-state index contributed by atoms with van der Waals surface area (Å²) in [6.07, 6.45) is 0.586. The molecule has 1 aromatic rings. The Morgan fingerprint density at radius 3 is 2.42 bits per heavy atom. The van der Waals surface area contributed by atoms with E-state index in [0.717, 1.165) is 11.3 Å². The van der Waals surface area contributed by atoms with Crippen molar-refractivity contribution in [3.05, 3.63) is 29.8 Å². The molecule has 1 fully saturated rings. The van der Waals surface area contributed by atoms with Crippen LogP contribution in [0.15, 0.2) is 24.3 Å². The summed E-state index contributed by atoms with van der Waals surface area (Å²) in [5.74, 6) is 0.965. The zero-order chi connectivity index (χ0) is 19.3. The third kappa shape index (κ3) is 4.72. The standard InChI is InChI=1S/C18H28N2O4S2/c1-5-13-26(22,23)19(6-2)11-12-20-17(21)14(3)25-18(20)15-7-9-16(24-4)10-8-15/h7-10,14,18H,5-6,11-13H2,1-4H3/t14-,18-/m1/s1. The predicted octanol–water partition coefficient (Wildman–Crippen LogP) is 2.72. The van der Waals surface area contributed by atoms with E-state index in [9.17, 15) is 13.2 Å². The van der Waals surface area contributed by atoms with E-state index in [2.05, 4.69) is 0 Å². The molecule has 6 nitrogen and oxygen atoms in total. The molecule has 8 heteroatoms. The third-order valence-electron chi connectivity index (χ3n) is 4.45.